The molecular formula is C4H5BN2O. The molecule has 0 aliphatic carbocycles. The summed E-state index contributed by atoms with van der Waals surface area (Å²) in [4.78, 5) is 7.47. The number of aromatic nitrogens is 2. The normalized spacial score (nSPS) is 8.62. The molecule has 1 heterocycles. The monoisotopic (exact) mass is 108 g/mol. The average Bonchev–Trinajstić information content (AvgIpc) is 1.90. The Morgan fingerprint density at radius 1 is 1.38 bits per heavy atom. The maximum atomic E-state index is 8.41. The van der Waals surface area contributed by atoms with E-state index in [0.717, 1.165) is 0 Å². The summed E-state index contributed by atoms with van der Waals surface area (Å²) in [5.41, 5.74) is 0.465. The van der Waals surface area contributed by atoms with Crippen LogP contribution in [0.4, 0.5) is 0 Å². The highest BCUT2D eigenvalue weighted by Gasteiger charge is 1.89. The number of hydrogen-bond acceptors (Lipinski definition) is 3. The summed E-state index contributed by atoms with van der Waals surface area (Å²) >= 11 is 0. The van der Waals surface area contributed by atoms with Crippen molar-refractivity contribution in [1.82, 2.24) is 9.97 Å². The molecule has 0 aliphatic rings. The summed E-state index contributed by atoms with van der Waals surface area (Å²) < 4.78 is 0. The number of hydrogen-bond donors (Lipinski definition) is 1. The molecule has 0 spiro atoms. The molecule has 0 amide bonds. The predicted octanol–water partition coefficient (Wildman–Crippen LogP) is -1.55. The maximum Gasteiger partial charge on any atom is 0.350 e. The van der Waals surface area contributed by atoms with E-state index in [2.05, 4.69) is 9.97 Å². The van der Waals surface area contributed by atoms with Gasteiger partial charge in [-0.1, -0.05) is 0 Å². The van der Waals surface area contributed by atoms with Gasteiger partial charge in [0.1, 0.15) is 5.72 Å². The minimum Gasteiger partial charge on any atom is -0.447 e. The van der Waals surface area contributed by atoms with Gasteiger partial charge in [-0.3, -0.25) is 0 Å². The van der Waals surface area contributed by atoms with Crippen LogP contribution >= 0.6 is 0 Å². The highest BCUT2D eigenvalue weighted by atomic mass is 16.2. The zero-order valence-corrected chi connectivity index (χ0v) is 4.28. The van der Waals surface area contributed by atoms with Crippen molar-refractivity contribution in [3.05, 3.63) is 18.5 Å². The van der Waals surface area contributed by atoms with E-state index in [1.807, 2.05) is 0 Å². The second-order valence-electron chi connectivity index (χ2n) is 1.32. The van der Waals surface area contributed by atoms with Gasteiger partial charge in [-0.05, 0) is 6.07 Å². The Morgan fingerprint density at radius 3 is 2.38 bits per heavy atom. The summed E-state index contributed by atoms with van der Waals surface area (Å²) in [7, 11) is -0.0825. The third kappa shape index (κ3) is 1.04. The van der Waals surface area contributed by atoms with E-state index in [4.69, 9.17) is 5.02 Å². The van der Waals surface area contributed by atoms with Crippen molar-refractivity contribution in [2.24, 2.45) is 0 Å². The third-order valence-electron chi connectivity index (χ3n) is 0.761. The van der Waals surface area contributed by atoms with Crippen LogP contribution in [0.25, 0.3) is 0 Å². The zero-order chi connectivity index (χ0) is 5.82. The van der Waals surface area contributed by atoms with Crippen molar-refractivity contribution in [3.8, 4) is 0 Å². The first-order valence-corrected chi connectivity index (χ1v) is 2.30. The molecule has 1 aromatic heterocycles. The maximum absolute atomic E-state index is 8.41. The minimum absolute atomic E-state index is 0.0825. The SMILES string of the molecule is OBc1ncccn1. The fourth-order valence-corrected chi connectivity index (χ4v) is 0.412. The molecule has 1 aromatic rings. The first-order valence-electron chi connectivity index (χ1n) is 2.30. The molecule has 0 saturated carbocycles. The van der Waals surface area contributed by atoms with Gasteiger partial charge in [0, 0.05) is 12.4 Å². The lowest BCUT2D eigenvalue weighted by Crippen LogP contribution is -2.20. The van der Waals surface area contributed by atoms with Gasteiger partial charge in [-0.15, -0.1) is 0 Å². The zero-order valence-electron chi connectivity index (χ0n) is 4.28. The topological polar surface area (TPSA) is 46.0 Å². The summed E-state index contributed by atoms with van der Waals surface area (Å²) in [5, 5.41) is 8.41. The molecule has 0 atom stereocenters. The molecule has 0 aromatic carbocycles. The van der Waals surface area contributed by atoms with E-state index >= 15 is 0 Å². The fourth-order valence-electron chi connectivity index (χ4n) is 0.412. The molecular weight excluding hydrogens is 103 g/mol. The van der Waals surface area contributed by atoms with Gasteiger partial charge in [0.05, 0.1) is 0 Å². The second-order valence-corrected chi connectivity index (χ2v) is 1.32. The van der Waals surface area contributed by atoms with Crippen LogP contribution in [-0.4, -0.2) is 22.5 Å². The lowest BCUT2D eigenvalue weighted by Gasteiger charge is -1.85. The average molecular weight is 108 g/mol. The van der Waals surface area contributed by atoms with Crippen LogP contribution < -0.4 is 5.72 Å². The van der Waals surface area contributed by atoms with Crippen molar-refractivity contribution in [3.63, 3.8) is 0 Å². The van der Waals surface area contributed by atoms with E-state index in [1.165, 1.54) is 0 Å². The molecule has 0 radical (unpaired) electrons. The molecule has 0 aliphatic heterocycles. The Labute approximate surface area is 47.7 Å². The van der Waals surface area contributed by atoms with Crippen molar-refractivity contribution in [1.29, 1.82) is 0 Å². The molecule has 3 nitrogen and oxygen atoms in total. The second kappa shape index (κ2) is 2.42. The van der Waals surface area contributed by atoms with Crippen molar-refractivity contribution >= 4 is 13.2 Å². The molecule has 8 heavy (non-hydrogen) atoms. The smallest absolute Gasteiger partial charge is 0.350 e. The Kier molecular flexibility index (Phi) is 1.59. The summed E-state index contributed by atoms with van der Waals surface area (Å²) in [5.74, 6) is 0. The van der Waals surface area contributed by atoms with Gasteiger partial charge in [-0.2, -0.15) is 0 Å². The first kappa shape index (κ1) is 5.25. The van der Waals surface area contributed by atoms with E-state index in [-0.39, 0.29) is 7.48 Å². The summed E-state index contributed by atoms with van der Waals surface area (Å²) in [6.07, 6.45) is 3.19. The lowest BCUT2D eigenvalue weighted by atomic mass is 10.0. The molecule has 0 bridgehead atoms. The van der Waals surface area contributed by atoms with Gasteiger partial charge in [-0.25, -0.2) is 9.97 Å². The largest absolute Gasteiger partial charge is 0.447 e. The van der Waals surface area contributed by atoms with Crippen LogP contribution in [0.3, 0.4) is 0 Å². The highest BCUT2D eigenvalue weighted by Crippen LogP contribution is 1.66. The van der Waals surface area contributed by atoms with Gasteiger partial charge in [0.15, 0.2) is 0 Å². The number of nitrogens with zero attached hydrogens (tertiary/aromatic N) is 2. The Balaban J connectivity index is 2.83. The van der Waals surface area contributed by atoms with E-state index < -0.39 is 0 Å². The molecule has 0 saturated heterocycles. The van der Waals surface area contributed by atoms with Gasteiger partial charge in [0.25, 0.3) is 0 Å². The van der Waals surface area contributed by atoms with Crippen molar-refractivity contribution in [2.75, 3.05) is 0 Å². The fraction of sp³-hybridized carbons (Fsp3) is 0. The summed E-state index contributed by atoms with van der Waals surface area (Å²) in [6.45, 7) is 0. The Hall–Kier alpha value is -0.895. The molecule has 0 fully saturated rings. The number of rotatable bonds is 1. The quantitative estimate of drug-likeness (QED) is 0.442. The molecule has 1 rings (SSSR count). The molecule has 4 heteroatoms. The van der Waals surface area contributed by atoms with Crippen LogP contribution in [0.1, 0.15) is 0 Å². The Morgan fingerprint density at radius 2 is 2.00 bits per heavy atom. The highest BCUT2D eigenvalue weighted by molar-refractivity contribution is 6.42. The molecule has 40 valence electrons. The lowest BCUT2D eigenvalue weighted by molar-refractivity contribution is 0.612. The van der Waals surface area contributed by atoms with Gasteiger partial charge < -0.3 is 5.02 Å². The van der Waals surface area contributed by atoms with E-state index in [9.17, 15) is 0 Å². The van der Waals surface area contributed by atoms with Crippen molar-refractivity contribution in [2.45, 2.75) is 0 Å². The Bertz CT molecular complexity index is 155. The van der Waals surface area contributed by atoms with E-state index in [1.54, 1.807) is 18.5 Å². The predicted molar refractivity (Wildman–Crippen MR) is 31.0 cm³/mol. The van der Waals surface area contributed by atoms with E-state index in [0.29, 0.717) is 5.72 Å². The summed E-state index contributed by atoms with van der Waals surface area (Å²) in [6, 6.07) is 1.71. The van der Waals surface area contributed by atoms with Crippen LogP contribution in [0.5, 0.6) is 0 Å². The third-order valence-corrected chi connectivity index (χ3v) is 0.761. The van der Waals surface area contributed by atoms with Crippen LogP contribution in [0.15, 0.2) is 18.5 Å². The van der Waals surface area contributed by atoms with Crippen molar-refractivity contribution < 1.29 is 5.02 Å². The first-order chi connectivity index (χ1) is 3.93. The molecule has 0 unspecified atom stereocenters. The standard InChI is InChI=1S/C4H5BN2O/c8-5-4-6-2-1-3-7-4/h1-3,5,8H. The minimum atomic E-state index is -0.0825. The van der Waals surface area contributed by atoms with Gasteiger partial charge in [0.2, 0.25) is 0 Å². The van der Waals surface area contributed by atoms with Crippen LogP contribution in [0, 0.1) is 0 Å². The molecule has 1 N–H and O–H groups in total. The van der Waals surface area contributed by atoms with Gasteiger partial charge >= 0.3 is 7.48 Å². The van der Waals surface area contributed by atoms with Crippen LogP contribution in [-0.2, 0) is 0 Å². The van der Waals surface area contributed by atoms with Crippen LogP contribution in [0.2, 0.25) is 0 Å².